The van der Waals surface area contributed by atoms with Gasteiger partial charge in [-0.2, -0.15) is 0 Å². The number of aldehydes is 1. The van der Waals surface area contributed by atoms with Crippen LogP contribution in [-0.2, 0) is 23.8 Å². The Labute approximate surface area is 228 Å². The molecule has 10 heteroatoms. The zero-order valence-electron chi connectivity index (χ0n) is 22.7. The number of esters is 1. The van der Waals surface area contributed by atoms with Gasteiger partial charge in [-0.15, -0.1) is 0 Å². The highest BCUT2D eigenvalue weighted by Crippen LogP contribution is 2.70. The molecule has 0 radical (unpaired) electrons. The average Bonchev–Trinajstić information content (AvgIpc) is 3.45. The van der Waals surface area contributed by atoms with Gasteiger partial charge in [-0.1, -0.05) is 6.92 Å². The smallest absolute Gasteiger partial charge is 0.331 e. The topological polar surface area (TPSA) is 163 Å². The van der Waals surface area contributed by atoms with Crippen LogP contribution in [0.4, 0.5) is 0 Å². The van der Waals surface area contributed by atoms with E-state index in [4.69, 9.17) is 14.2 Å². The van der Waals surface area contributed by atoms with Gasteiger partial charge in [0.25, 0.3) is 0 Å². The lowest BCUT2D eigenvalue weighted by Gasteiger charge is -2.65. The molecule has 5 N–H and O–H groups in total. The molecular weight excluding hydrogens is 508 g/mol. The van der Waals surface area contributed by atoms with Crippen LogP contribution in [-0.4, -0.2) is 92.4 Å². The van der Waals surface area contributed by atoms with Crippen molar-refractivity contribution in [1.29, 1.82) is 0 Å². The molecular formula is C29H42O10. The maximum absolute atomic E-state index is 13.0. The van der Waals surface area contributed by atoms with Crippen molar-refractivity contribution in [1.82, 2.24) is 0 Å². The third-order valence-electron chi connectivity index (χ3n) is 12.0. The minimum absolute atomic E-state index is 0.0465. The van der Waals surface area contributed by atoms with Crippen molar-refractivity contribution in [3.63, 3.8) is 0 Å². The highest BCUT2D eigenvalue weighted by Gasteiger charge is 2.71. The van der Waals surface area contributed by atoms with Crippen LogP contribution in [0, 0.1) is 28.6 Å². The number of hydrogen-bond donors (Lipinski definition) is 5. The first-order chi connectivity index (χ1) is 18.4. The fraction of sp³-hybridized carbons (Fsp3) is 0.862. The van der Waals surface area contributed by atoms with E-state index in [0.29, 0.717) is 44.9 Å². The average molecular weight is 551 g/mol. The lowest BCUT2D eigenvalue weighted by Crippen LogP contribution is -2.69. The molecule has 2 aliphatic heterocycles. The molecule has 0 aromatic carbocycles. The number of carbonyl (C=O) groups excluding carboxylic acids is 2. The summed E-state index contributed by atoms with van der Waals surface area (Å²) in [4.78, 5) is 24.8. The number of rotatable bonds is 4. The normalized spacial score (nSPS) is 55.2. The molecule has 6 rings (SSSR count). The molecule has 4 aliphatic carbocycles. The van der Waals surface area contributed by atoms with Crippen LogP contribution >= 0.6 is 0 Å². The number of carbonyl (C=O) groups is 2. The molecule has 1 saturated heterocycles. The van der Waals surface area contributed by atoms with Crippen LogP contribution in [0.15, 0.2) is 11.6 Å². The van der Waals surface area contributed by atoms with E-state index in [1.807, 2.05) is 0 Å². The fourth-order valence-corrected chi connectivity index (χ4v) is 9.75. The van der Waals surface area contributed by atoms with E-state index in [1.54, 1.807) is 13.0 Å². The van der Waals surface area contributed by atoms with Crippen molar-refractivity contribution in [3.05, 3.63) is 11.6 Å². The van der Waals surface area contributed by atoms with Gasteiger partial charge in [-0.3, -0.25) is 0 Å². The number of hydrogen-bond acceptors (Lipinski definition) is 10. The molecule has 39 heavy (non-hydrogen) atoms. The first-order valence-electron chi connectivity index (χ1n) is 14.5. The second-order valence-electron chi connectivity index (χ2n) is 13.4. The third-order valence-corrected chi connectivity index (χ3v) is 12.0. The minimum Gasteiger partial charge on any atom is -0.458 e. The molecule has 5 fully saturated rings. The molecule has 6 aliphatic rings. The quantitative estimate of drug-likeness (QED) is 0.192. The van der Waals surface area contributed by atoms with Crippen LogP contribution in [0.1, 0.15) is 71.6 Å². The second-order valence-corrected chi connectivity index (χ2v) is 13.4. The summed E-state index contributed by atoms with van der Waals surface area (Å²) in [5, 5.41) is 55.0. The van der Waals surface area contributed by atoms with Gasteiger partial charge in [-0.05, 0) is 81.6 Å². The van der Waals surface area contributed by atoms with E-state index in [9.17, 15) is 35.1 Å². The summed E-state index contributed by atoms with van der Waals surface area (Å²) in [6.45, 7) is 3.98. The van der Waals surface area contributed by atoms with Crippen LogP contribution in [0.3, 0.4) is 0 Å². The predicted molar refractivity (Wildman–Crippen MR) is 135 cm³/mol. The Morgan fingerprint density at radius 2 is 1.72 bits per heavy atom. The van der Waals surface area contributed by atoms with E-state index in [2.05, 4.69) is 6.92 Å². The lowest BCUT2D eigenvalue weighted by atomic mass is 9.41. The fourth-order valence-electron chi connectivity index (χ4n) is 9.75. The molecule has 0 unspecified atom stereocenters. The number of fused-ring (bicyclic) bond motifs is 5. The summed E-state index contributed by atoms with van der Waals surface area (Å²) in [5.74, 6) is -0.616. The first kappa shape index (κ1) is 27.8. The number of aliphatic hydroxyl groups is 5. The number of aliphatic hydroxyl groups excluding tert-OH is 3. The highest BCUT2D eigenvalue weighted by atomic mass is 16.7. The summed E-state index contributed by atoms with van der Waals surface area (Å²) in [7, 11) is 0. The predicted octanol–water partition coefficient (Wildman–Crippen LogP) is 0.750. The molecule has 4 saturated carbocycles. The van der Waals surface area contributed by atoms with Crippen molar-refractivity contribution in [3.8, 4) is 0 Å². The maximum atomic E-state index is 13.0. The highest BCUT2D eigenvalue weighted by molar-refractivity contribution is 5.85. The van der Waals surface area contributed by atoms with Gasteiger partial charge < -0.3 is 44.5 Å². The van der Waals surface area contributed by atoms with Gasteiger partial charge in [0.15, 0.2) is 6.29 Å². The molecule has 2 heterocycles. The van der Waals surface area contributed by atoms with Crippen molar-refractivity contribution >= 4 is 12.3 Å². The van der Waals surface area contributed by atoms with E-state index >= 15 is 0 Å². The summed E-state index contributed by atoms with van der Waals surface area (Å²) < 4.78 is 16.9. The van der Waals surface area contributed by atoms with Gasteiger partial charge >= 0.3 is 5.97 Å². The molecule has 0 aromatic heterocycles. The van der Waals surface area contributed by atoms with Gasteiger partial charge in [0.1, 0.15) is 31.2 Å². The van der Waals surface area contributed by atoms with E-state index < -0.39 is 58.8 Å². The van der Waals surface area contributed by atoms with Gasteiger partial charge in [0, 0.05) is 17.9 Å². The minimum atomic E-state index is -1.43. The molecule has 0 spiro atoms. The summed E-state index contributed by atoms with van der Waals surface area (Å²) in [6.07, 6.45) is 0.689. The van der Waals surface area contributed by atoms with Crippen LogP contribution in [0.2, 0.25) is 0 Å². The summed E-state index contributed by atoms with van der Waals surface area (Å²) in [6, 6.07) is 0. The number of cyclic esters (lactones) is 1. The molecule has 0 amide bonds. The molecule has 0 bridgehead atoms. The molecule has 0 aromatic rings. The van der Waals surface area contributed by atoms with Crippen molar-refractivity contribution in [2.24, 2.45) is 28.6 Å². The van der Waals surface area contributed by atoms with E-state index in [1.165, 1.54) is 0 Å². The van der Waals surface area contributed by atoms with Crippen LogP contribution in [0.5, 0.6) is 0 Å². The summed E-state index contributed by atoms with van der Waals surface area (Å²) >= 11 is 0. The maximum Gasteiger partial charge on any atom is 0.331 e. The Kier molecular flexibility index (Phi) is 6.62. The summed E-state index contributed by atoms with van der Waals surface area (Å²) in [5.41, 5.74) is -2.86. The second kappa shape index (κ2) is 9.31. The van der Waals surface area contributed by atoms with Gasteiger partial charge in [-0.25, -0.2) is 4.79 Å². The molecule has 218 valence electrons. The zero-order chi connectivity index (χ0) is 28.0. The van der Waals surface area contributed by atoms with Crippen molar-refractivity contribution in [2.75, 3.05) is 6.61 Å². The van der Waals surface area contributed by atoms with Crippen LogP contribution in [0.25, 0.3) is 0 Å². The molecule has 10 nitrogen and oxygen atoms in total. The first-order valence-corrected chi connectivity index (χ1v) is 14.5. The Morgan fingerprint density at radius 1 is 0.974 bits per heavy atom. The van der Waals surface area contributed by atoms with E-state index in [0.717, 1.165) is 18.3 Å². The van der Waals surface area contributed by atoms with Crippen molar-refractivity contribution < 1.29 is 49.3 Å². The monoisotopic (exact) mass is 550 g/mol. The standard InChI is InChI=1S/C29H42O10/c1-15-22(32)23(33)24(34)25(38-15)39-17-3-8-27(14-30)19-4-7-26(2)18(16-11-21(31)37-13-16)6-10-29(26,36)20(19)5-9-28(27,35)12-17/h11,14-15,17-20,22-25,32-36H,3-10,12-13H2,1-2H3/t15-,17+,18-,19+,20+,22+,23-,24+,25+,26+,27-,28-,29-/m0/s1. The zero-order valence-corrected chi connectivity index (χ0v) is 22.7. The number of ether oxygens (including phenoxy) is 3. The lowest BCUT2D eigenvalue weighted by molar-refractivity contribution is -0.317. The van der Waals surface area contributed by atoms with Gasteiger partial charge in [0.2, 0.25) is 0 Å². The van der Waals surface area contributed by atoms with Gasteiger partial charge in [0.05, 0.1) is 28.8 Å². The third kappa shape index (κ3) is 3.78. The largest absolute Gasteiger partial charge is 0.458 e. The SMILES string of the molecule is C[C@@H]1O[C@H](O[C@@H]2CC[C@]3(C=O)[C@@H]4CC[C@]5(C)[C@H](C6=CC(=O)OC6)CC[C@]5(O)[C@@H]4CC[C@]3(O)C2)[C@H](O)[C@@H](O)[C@@H]1O. The molecule has 13 atom stereocenters. The Hall–Kier alpha value is -1.40. The van der Waals surface area contributed by atoms with Crippen LogP contribution < -0.4 is 0 Å². The Balaban J connectivity index is 1.22. The Morgan fingerprint density at radius 3 is 2.41 bits per heavy atom. The van der Waals surface area contributed by atoms with E-state index in [-0.39, 0.29) is 36.8 Å². The Bertz CT molecular complexity index is 1050. The van der Waals surface area contributed by atoms with Crippen molar-refractivity contribution in [2.45, 2.75) is 120 Å².